The minimum absolute atomic E-state index is 0.133. The lowest BCUT2D eigenvalue weighted by atomic mass is 10.1. The van der Waals surface area contributed by atoms with Gasteiger partial charge in [-0.1, -0.05) is 42.5 Å². The van der Waals surface area contributed by atoms with Gasteiger partial charge in [-0.3, -0.25) is 9.48 Å². The zero-order valence-electron chi connectivity index (χ0n) is 15.6. The van der Waals surface area contributed by atoms with Gasteiger partial charge < -0.3 is 16.4 Å². The third-order valence-electron chi connectivity index (χ3n) is 4.07. The Morgan fingerprint density at radius 1 is 1.07 bits per heavy atom. The second-order valence-electron chi connectivity index (χ2n) is 6.32. The Morgan fingerprint density at radius 3 is 2.68 bits per heavy atom. The van der Waals surface area contributed by atoms with Crippen molar-refractivity contribution >= 4 is 17.6 Å². The molecule has 1 amide bonds. The van der Waals surface area contributed by atoms with Crippen LogP contribution in [0, 0.1) is 0 Å². The first-order valence-electron chi connectivity index (χ1n) is 9.13. The number of nitrogens with one attached hydrogen (secondary N) is 2. The molecule has 0 aliphatic heterocycles. The van der Waals surface area contributed by atoms with Gasteiger partial charge in [0.15, 0.2) is 5.96 Å². The van der Waals surface area contributed by atoms with Crippen LogP contribution in [0.5, 0.6) is 0 Å². The van der Waals surface area contributed by atoms with Gasteiger partial charge in [0, 0.05) is 24.6 Å². The molecule has 2 aromatic carbocycles. The van der Waals surface area contributed by atoms with E-state index in [1.54, 1.807) is 23.1 Å². The molecule has 0 spiro atoms. The molecule has 0 saturated heterocycles. The van der Waals surface area contributed by atoms with Crippen molar-refractivity contribution in [1.82, 2.24) is 15.1 Å². The van der Waals surface area contributed by atoms with Gasteiger partial charge in [-0.2, -0.15) is 5.10 Å². The van der Waals surface area contributed by atoms with Crippen molar-refractivity contribution in [2.24, 2.45) is 10.7 Å². The van der Waals surface area contributed by atoms with Crippen LogP contribution in [0.15, 0.2) is 78.0 Å². The van der Waals surface area contributed by atoms with Crippen LogP contribution in [0.25, 0.3) is 0 Å². The molecule has 7 nitrogen and oxygen atoms in total. The molecule has 0 radical (unpaired) electrons. The van der Waals surface area contributed by atoms with E-state index in [1.165, 1.54) is 5.56 Å². The van der Waals surface area contributed by atoms with Gasteiger partial charge in [0.05, 0.1) is 6.54 Å². The predicted molar refractivity (Wildman–Crippen MR) is 111 cm³/mol. The van der Waals surface area contributed by atoms with Gasteiger partial charge in [0.2, 0.25) is 5.91 Å². The van der Waals surface area contributed by atoms with Gasteiger partial charge in [-0.05, 0) is 35.7 Å². The van der Waals surface area contributed by atoms with E-state index in [4.69, 9.17) is 5.73 Å². The number of nitrogens with two attached hydrogens (primary N) is 1. The van der Waals surface area contributed by atoms with Gasteiger partial charge in [0.1, 0.15) is 6.54 Å². The van der Waals surface area contributed by atoms with E-state index in [0.717, 1.165) is 24.2 Å². The summed E-state index contributed by atoms with van der Waals surface area (Å²) in [6.45, 7) is 1.34. The lowest BCUT2D eigenvalue weighted by Crippen LogP contribution is -2.33. The van der Waals surface area contributed by atoms with Crippen LogP contribution in [-0.2, 0) is 24.3 Å². The molecule has 7 heteroatoms. The Balaban J connectivity index is 1.46. The summed E-state index contributed by atoms with van der Waals surface area (Å²) in [5, 5.41) is 10.0. The van der Waals surface area contributed by atoms with Gasteiger partial charge >= 0.3 is 0 Å². The van der Waals surface area contributed by atoms with Gasteiger partial charge in [-0.15, -0.1) is 0 Å². The zero-order valence-corrected chi connectivity index (χ0v) is 15.6. The van der Waals surface area contributed by atoms with E-state index in [0.29, 0.717) is 12.5 Å². The molecule has 0 fully saturated rings. The minimum Gasteiger partial charge on any atom is -0.370 e. The van der Waals surface area contributed by atoms with Crippen LogP contribution in [0.2, 0.25) is 0 Å². The highest BCUT2D eigenvalue weighted by Gasteiger charge is 2.04. The van der Waals surface area contributed by atoms with Crippen LogP contribution in [-0.4, -0.2) is 28.2 Å². The van der Waals surface area contributed by atoms with Crippen LogP contribution in [0.1, 0.15) is 11.1 Å². The highest BCUT2D eigenvalue weighted by Crippen LogP contribution is 2.11. The number of nitrogens with zero attached hydrogens (tertiary/aromatic N) is 3. The highest BCUT2D eigenvalue weighted by molar-refractivity contribution is 5.90. The fraction of sp³-hybridized carbons (Fsp3) is 0.190. The van der Waals surface area contributed by atoms with Crippen LogP contribution in [0.3, 0.4) is 0 Å². The molecule has 4 N–H and O–H groups in total. The van der Waals surface area contributed by atoms with Crippen molar-refractivity contribution < 1.29 is 4.79 Å². The average Bonchev–Trinajstić information content (AvgIpc) is 3.20. The molecule has 28 heavy (non-hydrogen) atoms. The number of aliphatic imine (C=N–C) groups is 1. The highest BCUT2D eigenvalue weighted by atomic mass is 16.2. The fourth-order valence-corrected chi connectivity index (χ4v) is 2.70. The topological polar surface area (TPSA) is 97.3 Å². The third-order valence-corrected chi connectivity index (χ3v) is 4.07. The lowest BCUT2D eigenvalue weighted by Gasteiger charge is -2.08. The smallest absolute Gasteiger partial charge is 0.246 e. The summed E-state index contributed by atoms with van der Waals surface area (Å²) in [6, 6.07) is 19.6. The Hall–Kier alpha value is -3.61. The monoisotopic (exact) mass is 376 g/mol. The molecule has 0 bridgehead atoms. The molecule has 0 unspecified atom stereocenters. The maximum Gasteiger partial charge on any atom is 0.246 e. The van der Waals surface area contributed by atoms with E-state index < -0.39 is 0 Å². The predicted octanol–water partition coefficient (Wildman–Crippen LogP) is 2.17. The molecule has 1 aromatic heterocycles. The number of amides is 1. The van der Waals surface area contributed by atoms with E-state index in [9.17, 15) is 4.79 Å². The first-order chi connectivity index (χ1) is 13.7. The summed E-state index contributed by atoms with van der Waals surface area (Å²) < 4.78 is 1.57. The Labute approximate surface area is 164 Å². The molecule has 144 valence electrons. The van der Waals surface area contributed by atoms with E-state index in [-0.39, 0.29) is 12.5 Å². The summed E-state index contributed by atoms with van der Waals surface area (Å²) >= 11 is 0. The number of rotatable bonds is 8. The van der Waals surface area contributed by atoms with Crippen LogP contribution in [0.4, 0.5) is 5.69 Å². The number of anilines is 1. The van der Waals surface area contributed by atoms with Gasteiger partial charge in [0.25, 0.3) is 0 Å². The molecule has 1 heterocycles. The maximum absolute atomic E-state index is 12.1. The molecule has 0 atom stereocenters. The van der Waals surface area contributed by atoms with E-state index in [2.05, 4.69) is 32.9 Å². The number of carbonyl (C=O) groups excluding carboxylic acids is 1. The number of carbonyl (C=O) groups is 1. The summed E-state index contributed by atoms with van der Waals surface area (Å²) in [4.78, 5) is 16.4. The van der Waals surface area contributed by atoms with E-state index in [1.807, 2.05) is 42.5 Å². The SMILES string of the molecule is NC(=NCc1cccc(NC(=O)Cn2cccn2)c1)NCCc1ccccc1. The number of hydrogen-bond donors (Lipinski definition) is 3. The van der Waals surface area contributed by atoms with Crippen molar-refractivity contribution in [3.05, 3.63) is 84.2 Å². The molecule has 0 saturated carbocycles. The normalized spacial score (nSPS) is 11.2. The third kappa shape index (κ3) is 6.28. The van der Waals surface area contributed by atoms with Crippen molar-refractivity contribution in [3.8, 4) is 0 Å². The van der Waals surface area contributed by atoms with Crippen molar-refractivity contribution in [2.45, 2.75) is 19.5 Å². The Kier molecular flexibility index (Phi) is 6.78. The minimum atomic E-state index is -0.133. The summed E-state index contributed by atoms with van der Waals surface area (Å²) in [5.41, 5.74) is 8.88. The summed E-state index contributed by atoms with van der Waals surface area (Å²) in [6.07, 6.45) is 4.28. The van der Waals surface area contributed by atoms with Gasteiger partial charge in [-0.25, -0.2) is 4.99 Å². The van der Waals surface area contributed by atoms with Crippen molar-refractivity contribution in [1.29, 1.82) is 0 Å². The number of guanidine groups is 1. The number of aromatic nitrogens is 2. The second-order valence-corrected chi connectivity index (χ2v) is 6.32. The molecule has 0 aliphatic carbocycles. The van der Waals surface area contributed by atoms with Crippen LogP contribution < -0.4 is 16.4 Å². The fourth-order valence-electron chi connectivity index (χ4n) is 2.70. The molecule has 0 aliphatic rings. The standard InChI is InChI=1S/C21H24N6O/c22-21(23-12-10-17-6-2-1-3-7-17)24-15-18-8-4-9-19(14-18)26-20(28)16-27-13-5-11-25-27/h1-9,11,13-14H,10,12,15-16H2,(H,26,28)(H3,22,23,24). The number of hydrogen-bond acceptors (Lipinski definition) is 3. The van der Waals surface area contributed by atoms with Crippen LogP contribution >= 0.6 is 0 Å². The Bertz CT molecular complexity index is 906. The molecule has 3 aromatic rings. The van der Waals surface area contributed by atoms with Crippen molar-refractivity contribution in [2.75, 3.05) is 11.9 Å². The number of benzene rings is 2. The maximum atomic E-state index is 12.1. The second kappa shape index (κ2) is 9.91. The summed E-state index contributed by atoms with van der Waals surface area (Å²) in [5.74, 6) is 0.274. The summed E-state index contributed by atoms with van der Waals surface area (Å²) in [7, 11) is 0. The van der Waals surface area contributed by atoms with Crippen molar-refractivity contribution in [3.63, 3.8) is 0 Å². The lowest BCUT2D eigenvalue weighted by molar-refractivity contribution is -0.116. The first kappa shape index (κ1) is 19.2. The van der Waals surface area contributed by atoms with E-state index >= 15 is 0 Å². The Morgan fingerprint density at radius 2 is 1.89 bits per heavy atom. The first-order valence-corrected chi connectivity index (χ1v) is 9.13. The zero-order chi connectivity index (χ0) is 19.6. The molecular formula is C21H24N6O. The molecule has 3 rings (SSSR count). The molecular weight excluding hydrogens is 352 g/mol. The largest absolute Gasteiger partial charge is 0.370 e. The quantitative estimate of drug-likeness (QED) is 0.415. The average molecular weight is 376 g/mol.